The predicted molar refractivity (Wildman–Crippen MR) is 84.9 cm³/mol. The molecule has 0 fully saturated rings. The minimum absolute atomic E-state index is 0.0541. The summed E-state index contributed by atoms with van der Waals surface area (Å²) in [4.78, 5) is -0.0626. The maximum atomic E-state index is 12.9. The Labute approximate surface area is 132 Å². The van der Waals surface area contributed by atoms with Crippen molar-refractivity contribution in [3.63, 3.8) is 0 Å². The van der Waals surface area contributed by atoms with Crippen LogP contribution in [0.5, 0.6) is 0 Å². The molecular weight excluding hydrogens is 318 g/mol. The van der Waals surface area contributed by atoms with E-state index in [1.807, 2.05) is 12.1 Å². The molecule has 3 aromatic rings. The van der Waals surface area contributed by atoms with Crippen molar-refractivity contribution in [2.24, 2.45) is 5.73 Å². The highest BCUT2D eigenvalue weighted by molar-refractivity contribution is 7.90. The molecule has 2 aromatic carbocycles. The van der Waals surface area contributed by atoms with Crippen LogP contribution >= 0.6 is 0 Å². The third kappa shape index (κ3) is 2.57. The molecule has 4 N–H and O–H groups in total. The van der Waals surface area contributed by atoms with E-state index in [1.165, 1.54) is 30.5 Å². The first-order chi connectivity index (χ1) is 10.9. The zero-order chi connectivity index (χ0) is 16.6. The third-order valence-electron chi connectivity index (χ3n) is 3.59. The Balaban J connectivity index is 2.23. The number of para-hydroxylation sites is 1. The van der Waals surface area contributed by atoms with E-state index in [2.05, 4.69) is 0 Å². The van der Waals surface area contributed by atoms with E-state index in [0.29, 0.717) is 11.1 Å². The lowest BCUT2D eigenvalue weighted by Gasteiger charge is -2.11. The largest absolute Gasteiger partial charge is 0.326 e. The molecule has 120 valence electrons. The second-order valence-corrected chi connectivity index (χ2v) is 6.78. The van der Waals surface area contributed by atoms with Gasteiger partial charge in [-0.25, -0.2) is 12.4 Å². The molecule has 0 atom stereocenters. The molecule has 1 aromatic heterocycles. The van der Waals surface area contributed by atoms with Gasteiger partial charge in [0.05, 0.1) is 16.1 Å². The van der Waals surface area contributed by atoms with Gasteiger partial charge in [-0.05, 0) is 29.8 Å². The molecule has 23 heavy (non-hydrogen) atoms. The van der Waals surface area contributed by atoms with Crippen LogP contribution in [-0.4, -0.2) is 22.8 Å². The minimum atomic E-state index is -3.90. The number of benzene rings is 2. The number of hydrogen-bond donors (Lipinski definition) is 3. The average molecular weight is 333 g/mol. The summed E-state index contributed by atoms with van der Waals surface area (Å²) < 4.78 is 26.9. The predicted octanol–water partition coefficient (Wildman–Crippen LogP) is 1.92. The van der Waals surface area contributed by atoms with Crippen LogP contribution in [0, 0.1) is 0 Å². The van der Waals surface area contributed by atoms with Gasteiger partial charge in [0.25, 0.3) is 10.0 Å². The van der Waals surface area contributed by atoms with Crippen LogP contribution in [0.4, 0.5) is 5.69 Å². The van der Waals surface area contributed by atoms with Crippen molar-refractivity contribution < 1.29 is 18.8 Å². The summed E-state index contributed by atoms with van der Waals surface area (Å²) in [6, 6.07) is 12.4. The van der Waals surface area contributed by atoms with Gasteiger partial charge in [0.15, 0.2) is 0 Å². The van der Waals surface area contributed by atoms with Crippen LogP contribution < -0.4 is 11.0 Å². The molecule has 0 aliphatic heterocycles. The van der Waals surface area contributed by atoms with Crippen LogP contribution in [0.15, 0.2) is 59.6 Å². The maximum Gasteiger partial charge on any atom is 0.268 e. The molecule has 0 unspecified atom stereocenters. The number of nitrogens with zero attached hydrogens (tertiary/aromatic N) is 2. The summed E-state index contributed by atoms with van der Waals surface area (Å²) >= 11 is 0. The Morgan fingerprint density at radius 2 is 1.83 bits per heavy atom. The number of fused-ring (bicyclic) bond motifs is 1. The quantitative estimate of drug-likeness (QED) is 0.629. The summed E-state index contributed by atoms with van der Waals surface area (Å²) in [6.07, 6.45) is 1.49. The van der Waals surface area contributed by atoms with Crippen molar-refractivity contribution in [2.75, 3.05) is 5.23 Å². The fraction of sp³-hybridized carbons (Fsp3) is 0.0667. The SMILES string of the molecule is NCc1cn(S(=O)(=O)c2cccc(N(O)O)c2)c2ccccc12. The van der Waals surface area contributed by atoms with Gasteiger partial charge in [-0.3, -0.25) is 10.4 Å². The van der Waals surface area contributed by atoms with E-state index in [1.54, 1.807) is 12.1 Å². The molecule has 3 rings (SSSR count). The standard InChI is InChI=1S/C15H15N3O4S/c16-9-11-10-17(15-7-2-1-6-14(11)15)23(21,22)13-5-3-4-12(8-13)18(19)20/h1-8,10,19-20H,9,16H2. The lowest BCUT2D eigenvalue weighted by atomic mass is 10.2. The first-order valence-electron chi connectivity index (χ1n) is 6.77. The van der Waals surface area contributed by atoms with Crippen LogP contribution in [-0.2, 0) is 16.6 Å². The summed E-state index contributed by atoms with van der Waals surface area (Å²) in [5.41, 5.74) is 6.87. The summed E-state index contributed by atoms with van der Waals surface area (Å²) in [5.74, 6) is 0. The summed E-state index contributed by atoms with van der Waals surface area (Å²) in [6.45, 7) is 0.212. The van der Waals surface area contributed by atoms with Gasteiger partial charge < -0.3 is 5.73 Å². The monoisotopic (exact) mass is 333 g/mol. The molecule has 0 radical (unpaired) electrons. The Morgan fingerprint density at radius 3 is 2.52 bits per heavy atom. The summed E-state index contributed by atoms with van der Waals surface area (Å²) in [5, 5.41) is 18.8. The Hall–Kier alpha value is -2.39. The van der Waals surface area contributed by atoms with Gasteiger partial charge in [-0.2, -0.15) is 0 Å². The molecule has 0 amide bonds. The van der Waals surface area contributed by atoms with Gasteiger partial charge in [-0.15, -0.1) is 5.23 Å². The van der Waals surface area contributed by atoms with Crippen molar-refractivity contribution in [3.05, 3.63) is 60.3 Å². The van der Waals surface area contributed by atoms with E-state index in [4.69, 9.17) is 16.1 Å². The van der Waals surface area contributed by atoms with Crippen molar-refractivity contribution in [3.8, 4) is 0 Å². The van der Waals surface area contributed by atoms with E-state index < -0.39 is 10.0 Å². The van der Waals surface area contributed by atoms with Crippen molar-refractivity contribution >= 4 is 26.6 Å². The second kappa shape index (κ2) is 5.67. The average Bonchev–Trinajstić information content (AvgIpc) is 2.94. The molecular formula is C15H15N3O4S. The van der Waals surface area contributed by atoms with Gasteiger partial charge in [0.1, 0.15) is 0 Å². The highest BCUT2D eigenvalue weighted by Crippen LogP contribution is 2.27. The molecule has 0 saturated carbocycles. The third-order valence-corrected chi connectivity index (χ3v) is 5.26. The van der Waals surface area contributed by atoms with E-state index >= 15 is 0 Å². The van der Waals surface area contributed by atoms with Gasteiger partial charge >= 0.3 is 0 Å². The number of anilines is 1. The minimum Gasteiger partial charge on any atom is -0.326 e. The smallest absolute Gasteiger partial charge is 0.268 e. The van der Waals surface area contributed by atoms with E-state index in [0.717, 1.165) is 9.36 Å². The van der Waals surface area contributed by atoms with Crippen LogP contribution in [0.1, 0.15) is 5.56 Å². The maximum absolute atomic E-state index is 12.9. The zero-order valence-corrected chi connectivity index (χ0v) is 12.8. The number of aromatic nitrogens is 1. The van der Waals surface area contributed by atoms with Crippen LogP contribution in [0.3, 0.4) is 0 Å². The number of hydrogen-bond acceptors (Lipinski definition) is 6. The Kier molecular flexibility index (Phi) is 3.82. The van der Waals surface area contributed by atoms with Crippen molar-refractivity contribution in [2.45, 2.75) is 11.4 Å². The van der Waals surface area contributed by atoms with Gasteiger partial charge in [0, 0.05) is 18.1 Å². The van der Waals surface area contributed by atoms with Gasteiger partial charge in [0.2, 0.25) is 0 Å². The van der Waals surface area contributed by atoms with Crippen LogP contribution in [0.25, 0.3) is 10.9 Å². The lowest BCUT2D eigenvalue weighted by Crippen LogP contribution is -2.15. The molecule has 0 aliphatic rings. The van der Waals surface area contributed by atoms with Gasteiger partial charge in [-0.1, -0.05) is 24.3 Å². The van der Waals surface area contributed by atoms with E-state index in [9.17, 15) is 8.42 Å². The van der Waals surface area contributed by atoms with Crippen molar-refractivity contribution in [1.29, 1.82) is 0 Å². The zero-order valence-electron chi connectivity index (χ0n) is 12.0. The van der Waals surface area contributed by atoms with Crippen LogP contribution in [0.2, 0.25) is 0 Å². The molecule has 0 saturated heterocycles. The number of rotatable bonds is 4. The fourth-order valence-electron chi connectivity index (χ4n) is 2.46. The molecule has 0 spiro atoms. The Bertz CT molecular complexity index is 964. The second-order valence-electron chi connectivity index (χ2n) is 4.96. The Morgan fingerprint density at radius 1 is 1.09 bits per heavy atom. The molecule has 7 nitrogen and oxygen atoms in total. The normalized spacial score (nSPS) is 11.8. The first kappa shape index (κ1) is 15.5. The molecule has 8 heteroatoms. The van der Waals surface area contributed by atoms with Crippen molar-refractivity contribution in [1.82, 2.24) is 3.97 Å². The number of nitrogens with two attached hydrogens (primary N) is 1. The molecule has 0 bridgehead atoms. The molecule has 0 aliphatic carbocycles. The topological polar surface area (TPSA) is 109 Å². The fourth-order valence-corrected chi connectivity index (χ4v) is 3.89. The lowest BCUT2D eigenvalue weighted by molar-refractivity contribution is 0.0290. The molecule has 1 heterocycles. The highest BCUT2D eigenvalue weighted by Gasteiger charge is 2.21. The first-order valence-corrected chi connectivity index (χ1v) is 8.21. The van der Waals surface area contributed by atoms with E-state index in [-0.39, 0.29) is 22.4 Å². The summed E-state index contributed by atoms with van der Waals surface area (Å²) in [7, 11) is -3.90. The highest BCUT2D eigenvalue weighted by atomic mass is 32.2.